The lowest BCUT2D eigenvalue weighted by Gasteiger charge is -2.04. The van der Waals surface area contributed by atoms with Gasteiger partial charge in [0.15, 0.2) is 5.78 Å². The van der Waals surface area contributed by atoms with Gasteiger partial charge in [0.2, 0.25) is 8.87 Å². The lowest BCUT2D eigenvalue weighted by molar-refractivity contribution is 0.102. The first-order valence-corrected chi connectivity index (χ1v) is 9.09. The largest absolute Gasteiger partial charge is 0.293 e. The molecule has 2 rings (SSSR count). The Morgan fingerprint density at radius 1 is 1.00 bits per heavy atom. The molecule has 0 aliphatic heterocycles. The third-order valence-electron chi connectivity index (χ3n) is 2.54. The van der Waals surface area contributed by atoms with Gasteiger partial charge in [0, 0.05) is 10.6 Å². The van der Waals surface area contributed by atoms with Crippen LogP contribution in [0.1, 0.15) is 10.4 Å². The Hall–Kier alpha value is -1.30. The first-order valence-electron chi connectivity index (χ1n) is 5.72. The van der Waals surface area contributed by atoms with Crippen molar-refractivity contribution < 1.29 is 13.2 Å². The van der Waals surface area contributed by atoms with Crippen molar-refractivity contribution in [2.45, 2.75) is 4.90 Å². The van der Waals surface area contributed by atoms with Crippen molar-refractivity contribution in [3.8, 4) is 0 Å². The first-order chi connectivity index (χ1) is 9.49. The van der Waals surface area contributed by atoms with Crippen LogP contribution in [0.25, 0.3) is 0 Å². The van der Waals surface area contributed by atoms with Gasteiger partial charge in [0.25, 0.3) is 0 Å². The topological polar surface area (TPSA) is 51.2 Å². The molecule has 0 unspecified atom stereocenters. The van der Waals surface area contributed by atoms with Crippen molar-refractivity contribution in [1.29, 1.82) is 0 Å². The van der Waals surface area contributed by atoms with E-state index < -0.39 is 8.87 Å². The monoisotopic (exact) mass is 326 g/mol. The summed E-state index contributed by atoms with van der Waals surface area (Å²) in [6.45, 7) is 0. The fourth-order valence-electron chi connectivity index (χ4n) is 1.51. The van der Waals surface area contributed by atoms with Crippen molar-refractivity contribution in [2.75, 3.05) is 5.75 Å². The van der Waals surface area contributed by atoms with Gasteiger partial charge in [-0.15, -0.1) is 0 Å². The van der Waals surface area contributed by atoms with E-state index in [1.165, 1.54) is 24.3 Å². The van der Waals surface area contributed by atoms with E-state index in [2.05, 4.69) is 0 Å². The highest BCUT2D eigenvalue weighted by atomic mass is 35.5. The van der Waals surface area contributed by atoms with E-state index in [4.69, 9.17) is 11.6 Å². The van der Waals surface area contributed by atoms with Gasteiger partial charge in [-0.3, -0.25) is 4.79 Å². The molecule has 0 N–H and O–H groups in total. The maximum absolute atomic E-state index is 12.0. The molecule has 0 saturated carbocycles. The fourth-order valence-corrected chi connectivity index (χ4v) is 4.20. The molecule has 6 heteroatoms. The summed E-state index contributed by atoms with van der Waals surface area (Å²) in [6.07, 6.45) is 0. The Balaban J connectivity index is 2.06. The van der Waals surface area contributed by atoms with Crippen molar-refractivity contribution in [2.24, 2.45) is 0 Å². The van der Waals surface area contributed by atoms with E-state index in [-0.39, 0.29) is 16.4 Å². The zero-order valence-electron chi connectivity index (χ0n) is 10.3. The molecule has 3 nitrogen and oxygen atoms in total. The molecule has 0 aliphatic rings. The average molecular weight is 327 g/mol. The van der Waals surface area contributed by atoms with E-state index in [1.54, 1.807) is 30.3 Å². The SMILES string of the molecule is O=C(CSS(=O)(=O)c1ccc(Cl)cc1)c1ccccc1. The quantitative estimate of drug-likeness (QED) is 0.621. The fraction of sp³-hybridized carbons (Fsp3) is 0.0714. The summed E-state index contributed by atoms with van der Waals surface area (Å²) in [7, 11) is -2.92. The van der Waals surface area contributed by atoms with E-state index in [1.807, 2.05) is 0 Å². The van der Waals surface area contributed by atoms with Gasteiger partial charge in [-0.05, 0) is 35.1 Å². The average Bonchev–Trinajstić information content (AvgIpc) is 2.46. The molecule has 0 radical (unpaired) electrons. The minimum Gasteiger partial charge on any atom is -0.293 e. The second-order valence-electron chi connectivity index (χ2n) is 3.96. The summed E-state index contributed by atoms with van der Waals surface area (Å²) >= 11 is 5.71. The molecule has 0 aliphatic carbocycles. The summed E-state index contributed by atoms with van der Waals surface area (Å²) in [6, 6.07) is 14.5. The Labute approximate surface area is 126 Å². The summed E-state index contributed by atoms with van der Waals surface area (Å²) in [5, 5.41) is 0.467. The summed E-state index contributed by atoms with van der Waals surface area (Å²) < 4.78 is 24.1. The van der Waals surface area contributed by atoms with Gasteiger partial charge >= 0.3 is 0 Å². The van der Waals surface area contributed by atoms with E-state index in [0.29, 0.717) is 21.4 Å². The number of carbonyl (C=O) groups is 1. The zero-order valence-corrected chi connectivity index (χ0v) is 12.7. The predicted octanol–water partition coefficient (Wildman–Crippen LogP) is 3.64. The van der Waals surface area contributed by atoms with E-state index in [0.717, 1.165) is 0 Å². The summed E-state index contributed by atoms with van der Waals surface area (Å²) in [5.74, 6) is -0.331. The molecule has 2 aromatic carbocycles. The molecule has 0 fully saturated rings. The van der Waals surface area contributed by atoms with Gasteiger partial charge in [0.05, 0.1) is 10.6 Å². The van der Waals surface area contributed by atoms with Crippen LogP contribution in [0.3, 0.4) is 0 Å². The van der Waals surface area contributed by atoms with Crippen LogP contribution in [0.4, 0.5) is 0 Å². The Kier molecular flexibility index (Phi) is 4.86. The van der Waals surface area contributed by atoms with Gasteiger partial charge in [-0.2, -0.15) is 0 Å². The molecule has 0 aromatic heterocycles. The third-order valence-corrected chi connectivity index (χ3v) is 6.20. The molecule has 2 aromatic rings. The van der Waals surface area contributed by atoms with Crippen molar-refractivity contribution in [3.05, 3.63) is 65.2 Å². The summed E-state index contributed by atoms with van der Waals surface area (Å²) in [4.78, 5) is 12.0. The van der Waals surface area contributed by atoms with Gasteiger partial charge < -0.3 is 0 Å². The second kappa shape index (κ2) is 6.43. The number of halogens is 1. The van der Waals surface area contributed by atoms with Crippen LogP contribution in [0, 0.1) is 0 Å². The number of hydrogen-bond donors (Lipinski definition) is 0. The lowest BCUT2D eigenvalue weighted by Crippen LogP contribution is -2.05. The van der Waals surface area contributed by atoms with Crippen LogP contribution in [0.2, 0.25) is 5.02 Å². The van der Waals surface area contributed by atoms with Gasteiger partial charge in [-0.1, -0.05) is 41.9 Å². The number of Topliss-reactive ketones (excluding diaryl/α,β-unsaturated/α-hetero) is 1. The van der Waals surface area contributed by atoms with Gasteiger partial charge in [-0.25, -0.2) is 8.42 Å². The molecule has 0 saturated heterocycles. The second-order valence-corrected chi connectivity index (χ2v) is 8.32. The summed E-state index contributed by atoms with van der Waals surface area (Å²) in [5.41, 5.74) is 0.506. The first kappa shape index (κ1) is 15.1. The van der Waals surface area contributed by atoms with Gasteiger partial charge in [0.1, 0.15) is 0 Å². The number of ketones is 1. The molecule has 0 bridgehead atoms. The molecule has 20 heavy (non-hydrogen) atoms. The lowest BCUT2D eigenvalue weighted by atomic mass is 10.2. The maximum Gasteiger partial charge on any atom is 0.230 e. The number of hydrogen-bond acceptors (Lipinski definition) is 4. The van der Waals surface area contributed by atoms with Crippen LogP contribution >= 0.6 is 22.4 Å². The number of rotatable bonds is 5. The Bertz CT molecular complexity index is 695. The molecule has 0 heterocycles. The molecule has 0 spiro atoms. The van der Waals surface area contributed by atoms with Crippen molar-refractivity contribution >= 4 is 37.0 Å². The van der Waals surface area contributed by atoms with E-state index in [9.17, 15) is 13.2 Å². The standard InChI is InChI=1S/C14H11ClO3S2/c15-12-6-8-13(9-7-12)20(17,18)19-10-14(16)11-4-2-1-3-5-11/h1-9H,10H2. The zero-order chi connectivity index (χ0) is 14.6. The third kappa shape index (κ3) is 3.85. The minimum absolute atomic E-state index is 0.116. The highest BCUT2D eigenvalue weighted by Crippen LogP contribution is 2.25. The predicted molar refractivity (Wildman–Crippen MR) is 81.9 cm³/mol. The molecular weight excluding hydrogens is 316 g/mol. The molecule has 0 amide bonds. The number of carbonyl (C=O) groups excluding carboxylic acids is 1. The van der Waals surface area contributed by atoms with Crippen molar-refractivity contribution in [1.82, 2.24) is 0 Å². The van der Waals surface area contributed by atoms with Crippen LogP contribution < -0.4 is 0 Å². The molecule has 104 valence electrons. The maximum atomic E-state index is 12.0. The molecular formula is C14H11ClO3S2. The van der Waals surface area contributed by atoms with Crippen molar-refractivity contribution in [3.63, 3.8) is 0 Å². The number of benzene rings is 2. The van der Waals surface area contributed by atoms with E-state index >= 15 is 0 Å². The van der Waals surface area contributed by atoms with Crippen LogP contribution in [-0.4, -0.2) is 20.0 Å². The minimum atomic E-state index is -3.54. The Morgan fingerprint density at radius 3 is 2.20 bits per heavy atom. The van der Waals surface area contributed by atoms with Crippen LogP contribution in [0.5, 0.6) is 0 Å². The highest BCUT2D eigenvalue weighted by Gasteiger charge is 2.17. The molecule has 0 atom stereocenters. The Morgan fingerprint density at radius 2 is 1.60 bits per heavy atom. The van der Waals surface area contributed by atoms with Crippen LogP contribution in [0.15, 0.2) is 59.5 Å². The smallest absolute Gasteiger partial charge is 0.230 e. The highest BCUT2D eigenvalue weighted by molar-refractivity contribution is 8.72. The normalized spacial score (nSPS) is 11.2. The van der Waals surface area contributed by atoms with Crippen LogP contribution in [-0.2, 0) is 8.87 Å².